The predicted octanol–water partition coefficient (Wildman–Crippen LogP) is 1.28. The second kappa shape index (κ2) is 8.59. The average molecular weight is 380 g/mol. The van der Waals surface area contributed by atoms with E-state index in [-0.39, 0.29) is 12.8 Å². The Morgan fingerprint density at radius 2 is 2.04 bits per heavy atom. The van der Waals surface area contributed by atoms with E-state index in [0.29, 0.717) is 6.54 Å². The molecule has 1 N–H and O–H groups in total. The molecule has 6 heteroatoms. The lowest BCUT2D eigenvalue weighted by molar-refractivity contribution is 0.0184. The molecule has 0 radical (unpaired) electrons. The zero-order valence-electron chi connectivity index (χ0n) is 16.1. The van der Waals surface area contributed by atoms with Crippen molar-refractivity contribution in [2.45, 2.75) is 12.6 Å². The third-order valence-electron chi connectivity index (χ3n) is 5.19. The van der Waals surface area contributed by atoms with Crippen LogP contribution in [0.5, 0.6) is 0 Å². The molecular formula is C22H25FN4O. The van der Waals surface area contributed by atoms with Gasteiger partial charge in [-0.2, -0.15) is 0 Å². The van der Waals surface area contributed by atoms with Gasteiger partial charge in [0, 0.05) is 49.6 Å². The molecule has 2 aliphatic heterocycles. The summed E-state index contributed by atoms with van der Waals surface area (Å²) in [5.41, 5.74) is 3.69. The number of rotatable bonds is 4. The highest BCUT2D eigenvalue weighted by Gasteiger charge is 2.20. The smallest absolute Gasteiger partial charge is 0.134 e. The third-order valence-corrected chi connectivity index (χ3v) is 5.19. The van der Waals surface area contributed by atoms with Crippen LogP contribution in [0.25, 0.3) is 6.08 Å². The van der Waals surface area contributed by atoms with Gasteiger partial charge in [-0.05, 0) is 36.3 Å². The first-order valence-electron chi connectivity index (χ1n) is 9.71. The van der Waals surface area contributed by atoms with E-state index in [0.717, 1.165) is 60.4 Å². The van der Waals surface area contributed by atoms with Crippen LogP contribution in [-0.2, 0) is 4.74 Å². The summed E-state index contributed by atoms with van der Waals surface area (Å²) in [6.45, 7) is 3.46. The zero-order chi connectivity index (χ0) is 19.3. The maximum Gasteiger partial charge on any atom is 0.134 e. The molecule has 3 heterocycles. The predicted molar refractivity (Wildman–Crippen MR) is 109 cm³/mol. The molecule has 2 aliphatic rings. The van der Waals surface area contributed by atoms with Gasteiger partial charge in [0.15, 0.2) is 0 Å². The number of fused-ring (bicyclic) bond motifs is 1. The van der Waals surface area contributed by atoms with Gasteiger partial charge in [-0.3, -0.25) is 4.90 Å². The summed E-state index contributed by atoms with van der Waals surface area (Å²) in [6, 6.07) is 9.92. The van der Waals surface area contributed by atoms with E-state index in [4.69, 9.17) is 9.73 Å². The number of hydrogen-bond donors (Lipinski definition) is 1. The van der Waals surface area contributed by atoms with Crippen molar-refractivity contribution < 1.29 is 9.13 Å². The number of aromatic amines is 1. The van der Waals surface area contributed by atoms with E-state index in [2.05, 4.69) is 33.9 Å². The van der Waals surface area contributed by atoms with Crippen molar-refractivity contribution in [2.75, 3.05) is 51.5 Å². The van der Waals surface area contributed by atoms with E-state index in [1.165, 1.54) is 0 Å². The molecule has 0 aliphatic carbocycles. The topological polar surface area (TPSA) is 43.9 Å². The molecule has 1 atom stereocenters. The van der Waals surface area contributed by atoms with Crippen LogP contribution in [0.2, 0.25) is 0 Å². The van der Waals surface area contributed by atoms with Crippen LogP contribution >= 0.6 is 0 Å². The van der Waals surface area contributed by atoms with Crippen LogP contribution in [0.15, 0.2) is 35.3 Å². The number of aromatic nitrogens is 1. The molecule has 1 aromatic heterocycles. The first kappa shape index (κ1) is 18.7. The number of alkyl halides is 1. The summed E-state index contributed by atoms with van der Waals surface area (Å²) < 4.78 is 17.9. The lowest BCUT2D eigenvalue weighted by atomic mass is 10.2. The van der Waals surface area contributed by atoms with Gasteiger partial charge in [-0.15, -0.1) is 0 Å². The lowest BCUT2D eigenvalue weighted by Gasteiger charge is -2.32. The molecule has 28 heavy (non-hydrogen) atoms. The molecule has 1 saturated heterocycles. The number of anilines is 1. The van der Waals surface area contributed by atoms with E-state index in [1.54, 1.807) is 0 Å². The minimum atomic E-state index is -0.357. The first-order chi connectivity index (χ1) is 13.7. The molecule has 146 valence electrons. The van der Waals surface area contributed by atoms with E-state index < -0.39 is 0 Å². The fourth-order valence-electron chi connectivity index (χ4n) is 3.52. The normalized spacial score (nSPS) is 19.0. The largest absolute Gasteiger partial charge is 0.379 e. The lowest BCUT2D eigenvalue weighted by Crippen LogP contribution is -2.45. The van der Waals surface area contributed by atoms with Crippen molar-refractivity contribution in [3.05, 3.63) is 52.3 Å². The summed E-state index contributed by atoms with van der Waals surface area (Å²) in [5.74, 6) is 6.38. The molecular weight excluding hydrogens is 355 g/mol. The summed E-state index contributed by atoms with van der Waals surface area (Å²) in [6.07, 6.45) is 3.34. The molecule has 1 unspecified atom stereocenters. The minimum Gasteiger partial charge on any atom is -0.379 e. The summed E-state index contributed by atoms with van der Waals surface area (Å²) in [4.78, 5) is 12.5. The fourth-order valence-corrected chi connectivity index (χ4v) is 3.52. The standard InChI is InChI=1S/C22H25FN4O/c1-26(11-10-23)20-7-3-17(4-8-20)2-6-19-16-18-5-9-21(25-22(18)24-19)27-12-14-28-15-13-27/h3-5,7-8,16,21H,9-15H2,1H3,(H,24,25). The highest BCUT2D eigenvalue weighted by Crippen LogP contribution is 2.13. The maximum absolute atomic E-state index is 12.5. The van der Waals surface area contributed by atoms with Crippen molar-refractivity contribution >= 4 is 11.8 Å². The number of morpholine rings is 1. The van der Waals surface area contributed by atoms with Crippen molar-refractivity contribution in [2.24, 2.45) is 4.99 Å². The average Bonchev–Trinajstić information content (AvgIpc) is 3.15. The Hall–Kier alpha value is -2.62. The molecule has 0 bridgehead atoms. The zero-order valence-corrected chi connectivity index (χ0v) is 16.1. The van der Waals surface area contributed by atoms with E-state index in [1.807, 2.05) is 36.2 Å². The van der Waals surface area contributed by atoms with Crippen LogP contribution in [0.4, 0.5) is 10.1 Å². The van der Waals surface area contributed by atoms with Crippen molar-refractivity contribution in [3.63, 3.8) is 0 Å². The van der Waals surface area contributed by atoms with Gasteiger partial charge >= 0.3 is 0 Å². The third kappa shape index (κ3) is 4.27. The molecule has 1 fully saturated rings. The highest BCUT2D eigenvalue weighted by molar-refractivity contribution is 5.51. The molecule has 4 rings (SSSR count). The second-order valence-electron chi connectivity index (χ2n) is 7.09. The molecule has 2 aromatic rings. The molecule has 1 aromatic carbocycles. The van der Waals surface area contributed by atoms with Gasteiger partial charge in [0.05, 0.1) is 18.9 Å². The molecule has 5 nitrogen and oxygen atoms in total. The minimum absolute atomic E-state index is 0.185. The summed E-state index contributed by atoms with van der Waals surface area (Å²) >= 11 is 0. The van der Waals surface area contributed by atoms with Crippen LogP contribution < -0.4 is 15.6 Å². The SMILES string of the molecule is CN(CCF)c1ccc(C#Cc2cc3c([nH]2)=NC(N2CCOCC2)CC=3)cc1. The van der Waals surface area contributed by atoms with Gasteiger partial charge in [-0.25, -0.2) is 9.38 Å². The Morgan fingerprint density at radius 3 is 2.79 bits per heavy atom. The van der Waals surface area contributed by atoms with E-state index in [9.17, 15) is 4.39 Å². The quantitative estimate of drug-likeness (QED) is 0.813. The number of H-pyrrole nitrogens is 1. The Bertz CT molecular complexity index is 980. The van der Waals surface area contributed by atoms with Crippen molar-refractivity contribution in [1.82, 2.24) is 9.88 Å². The molecule has 0 saturated carbocycles. The Labute approximate surface area is 164 Å². The number of hydrogen-bond acceptors (Lipinski definition) is 4. The second-order valence-corrected chi connectivity index (χ2v) is 7.09. The first-order valence-corrected chi connectivity index (χ1v) is 9.71. The van der Waals surface area contributed by atoms with Crippen LogP contribution in [-0.4, -0.2) is 62.6 Å². The highest BCUT2D eigenvalue weighted by atomic mass is 19.1. The molecule has 0 amide bonds. The monoisotopic (exact) mass is 380 g/mol. The maximum atomic E-state index is 12.5. The number of benzene rings is 1. The van der Waals surface area contributed by atoms with Crippen LogP contribution in [0, 0.1) is 11.8 Å². The van der Waals surface area contributed by atoms with Crippen LogP contribution in [0.3, 0.4) is 0 Å². The fraction of sp³-hybridized carbons (Fsp3) is 0.409. The van der Waals surface area contributed by atoms with Crippen LogP contribution in [0.1, 0.15) is 17.7 Å². The summed E-state index contributed by atoms with van der Waals surface area (Å²) in [5, 5.41) is 1.12. The molecule has 0 spiro atoms. The Morgan fingerprint density at radius 1 is 1.25 bits per heavy atom. The number of ether oxygens (including phenoxy) is 1. The van der Waals surface area contributed by atoms with Crippen molar-refractivity contribution in [3.8, 4) is 11.8 Å². The van der Waals surface area contributed by atoms with Gasteiger partial charge in [0.1, 0.15) is 18.3 Å². The number of nitrogens with one attached hydrogen (secondary N) is 1. The van der Waals surface area contributed by atoms with Gasteiger partial charge in [0.25, 0.3) is 0 Å². The number of halogens is 1. The number of nitrogens with zero attached hydrogens (tertiary/aromatic N) is 3. The Kier molecular flexibility index (Phi) is 5.75. The van der Waals surface area contributed by atoms with E-state index >= 15 is 0 Å². The van der Waals surface area contributed by atoms with Gasteiger partial charge in [0.2, 0.25) is 0 Å². The Balaban J connectivity index is 1.48. The van der Waals surface area contributed by atoms with Gasteiger partial charge in [-0.1, -0.05) is 12.0 Å². The summed E-state index contributed by atoms with van der Waals surface area (Å²) in [7, 11) is 1.88. The van der Waals surface area contributed by atoms with Gasteiger partial charge < -0.3 is 14.6 Å². The van der Waals surface area contributed by atoms with Crippen molar-refractivity contribution in [1.29, 1.82) is 0 Å².